The number of hydrogen-bond donors (Lipinski definition) is 2. The molecule has 0 saturated carbocycles. The zero-order chi connectivity index (χ0) is 14.0. The Bertz CT molecular complexity index is 657. The van der Waals surface area contributed by atoms with Crippen LogP contribution in [0.3, 0.4) is 0 Å². The molecule has 2 rings (SSSR count). The van der Waals surface area contributed by atoms with Crippen molar-refractivity contribution in [1.82, 2.24) is 0 Å². The number of hydrogen-bond acceptors (Lipinski definition) is 3. The Morgan fingerprint density at radius 1 is 1.16 bits per heavy atom. The lowest BCUT2D eigenvalue weighted by Gasteiger charge is -2.11. The van der Waals surface area contributed by atoms with E-state index in [1.807, 2.05) is 6.07 Å². The highest BCUT2D eigenvalue weighted by atomic mass is 79.9. The van der Waals surface area contributed by atoms with Crippen LogP contribution in [0.2, 0.25) is 0 Å². The van der Waals surface area contributed by atoms with E-state index in [0.717, 1.165) is 12.1 Å². The second-order valence-corrected chi connectivity index (χ2v) is 4.70. The molecular formula is C13H8BrF2N3. The Hall–Kier alpha value is -2.13. The van der Waals surface area contributed by atoms with Crippen LogP contribution >= 0.6 is 15.9 Å². The van der Waals surface area contributed by atoms with Crippen LogP contribution in [0.25, 0.3) is 0 Å². The lowest BCUT2D eigenvalue weighted by atomic mass is 10.1. The average Bonchev–Trinajstić information content (AvgIpc) is 2.35. The number of nitrogens with zero attached hydrogens (tertiary/aromatic N) is 1. The van der Waals surface area contributed by atoms with E-state index >= 15 is 0 Å². The molecule has 0 saturated heterocycles. The van der Waals surface area contributed by atoms with Gasteiger partial charge in [-0.25, -0.2) is 8.78 Å². The maximum absolute atomic E-state index is 13.7. The summed E-state index contributed by atoms with van der Waals surface area (Å²) in [4.78, 5) is 0. The molecule has 0 amide bonds. The van der Waals surface area contributed by atoms with Crippen molar-refractivity contribution in [1.29, 1.82) is 5.26 Å². The number of nitrogen functional groups attached to an aromatic ring is 1. The highest BCUT2D eigenvalue weighted by molar-refractivity contribution is 9.10. The topological polar surface area (TPSA) is 61.8 Å². The van der Waals surface area contributed by atoms with Crippen LogP contribution in [-0.2, 0) is 0 Å². The van der Waals surface area contributed by atoms with E-state index in [4.69, 9.17) is 11.0 Å². The third-order valence-corrected chi connectivity index (χ3v) is 2.89. The molecule has 96 valence electrons. The van der Waals surface area contributed by atoms with E-state index in [9.17, 15) is 8.78 Å². The summed E-state index contributed by atoms with van der Waals surface area (Å²) in [6, 6.07) is 8.64. The number of anilines is 3. The van der Waals surface area contributed by atoms with Gasteiger partial charge in [-0.15, -0.1) is 0 Å². The van der Waals surface area contributed by atoms with Crippen molar-refractivity contribution in [3.8, 4) is 6.07 Å². The molecule has 0 bridgehead atoms. The number of halogens is 3. The van der Waals surface area contributed by atoms with E-state index in [1.165, 1.54) is 18.2 Å². The summed E-state index contributed by atoms with van der Waals surface area (Å²) in [7, 11) is 0. The van der Waals surface area contributed by atoms with Gasteiger partial charge in [0.1, 0.15) is 11.8 Å². The molecule has 2 aromatic carbocycles. The Morgan fingerprint density at radius 2 is 1.79 bits per heavy atom. The maximum Gasteiger partial charge on any atom is 0.150 e. The molecule has 0 fully saturated rings. The minimum absolute atomic E-state index is 0.210. The number of nitrogens with two attached hydrogens (primary N) is 1. The SMILES string of the molecule is N#Cc1cc(N)ccc1Nc1c(F)cc(Br)cc1F. The minimum Gasteiger partial charge on any atom is -0.399 e. The van der Waals surface area contributed by atoms with Gasteiger partial charge in [0.15, 0.2) is 11.6 Å². The highest BCUT2D eigenvalue weighted by Crippen LogP contribution is 2.28. The lowest BCUT2D eigenvalue weighted by molar-refractivity contribution is 0.589. The van der Waals surface area contributed by atoms with Crippen LogP contribution in [0.15, 0.2) is 34.8 Å². The molecule has 0 atom stereocenters. The summed E-state index contributed by atoms with van der Waals surface area (Å²) in [6.07, 6.45) is 0. The van der Waals surface area contributed by atoms with Crippen LogP contribution in [0.5, 0.6) is 0 Å². The molecule has 0 radical (unpaired) electrons. The largest absolute Gasteiger partial charge is 0.399 e. The fourth-order valence-electron chi connectivity index (χ4n) is 1.56. The summed E-state index contributed by atoms with van der Waals surface area (Å²) in [5, 5.41) is 11.5. The summed E-state index contributed by atoms with van der Waals surface area (Å²) in [5.41, 5.74) is 6.13. The first-order valence-electron chi connectivity index (χ1n) is 5.22. The standard InChI is InChI=1S/C13H8BrF2N3/c14-8-4-10(15)13(11(16)5-8)19-12-2-1-9(18)3-7(12)6-17/h1-5,19H,18H2. The lowest BCUT2D eigenvalue weighted by Crippen LogP contribution is -2.00. The van der Waals surface area contributed by atoms with E-state index < -0.39 is 11.6 Å². The number of benzene rings is 2. The van der Waals surface area contributed by atoms with Gasteiger partial charge in [-0.2, -0.15) is 5.26 Å². The highest BCUT2D eigenvalue weighted by Gasteiger charge is 2.12. The fraction of sp³-hybridized carbons (Fsp3) is 0. The van der Waals surface area contributed by atoms with Crippen molar-refractivity contribution in [2.24, 2.45) is 0 Å². The Balaban J connectivity index is 2.45. The quantitative estimate of drug-likeness (QED) is 0.823. The predicted octanol–water partition coefficient (Wildman–Crippen LogP) is 3.92. The van der Waals surface area contributed by atoms with Crippen molar-refractivity contribution in [3.05, 3.63) is 52.0 Å². The van der Waals surface area contributed by atoms with Gasteiger partial charge in [-0.05, 0) is 30.3 Å². The first kappa shape index (κ1) is 13.3. The summed E-state index contributed by atoms with van der Waals surface area (Å²) in [5.74, 6) is -1.51. The van der Waals surface area contributed by atoms with Gasteiger partial charge in [-0.1, -0.05) is 15.9 Å². The second kappa shape index (κ2) is 5.24. The van der Waals surface area contributed by atoms with Gasteiger partial charge in [0.25, 0.3) is 0 Å². The van der Waals surface area contributed by atoms with E-state index in [2.05, 4.69) is 21.2 Å². The molecule has 6 heteroatoms. The molecule has 0 aliphatic heterocycles. The first-order valence-corrected chi connectivity index (χ1v) is 6.01. The minimum atomic E-state index is -0.757. The van der Waals surface area contributed by atoms with Gasteiger partial charge in [0.05, 0.1) is 11.3 Å². The van der Waals surface area contributed by atoms with Crippen LogP contribution in [-0.4, -0.2) is 0 Å². The third-order valence-electron chi connectivity index (χ3n) is 2.43. The Labute approximate surface area is 116 Å². The molecule has 0 unspecified atom stereocenters. The van der Waals surface area contributed by atoms with Gasteiger partial charge in [0, 0.05) is 10.2 Å². The second-order valence-electron chi connectivity index (χ2n) is 3.79. The van der Waals surface area contributed by atoms with Gasteiger partial charge < -0.3 is 11.1 Å². The number of nitriles is 1. The number of nitrogens with one attached hydrogen (secondary N) is 1. The molecule has 0 heterocycles. The van der Waals surface area contributed by atoms with Crippen molar-refractivity contribution in [3.63, 3.8) is 0 Å². The molecule has 0 aliphatic carbocycles. The van der Waals surface area contributed by atoms with Gasteiger partial charge >= 0.3 is 0 Å². The molecular weight excluding hydrogens is 316 g/mol. The molecule has 3 N–H and O–H groups in total. The normalized spacial score (nSPS) is 10.0. The molecule has 0 aliphatic rings. The molecule has 19 heavy (non-hydrogen) atoms. The zero-order valence-corrected chi connectivity index (χ0v) is 11.1. The third kappa shape index (κ3) is 2.83. The summed E-state index contributed by atoms with van der Waals surface area (Å²) >= 11 is 2.99. The van der Waals surface area contributed by atoms with Crippen molar-refractivity contribution >= 4 is 33.0 Å². The van der Waals surface area contributed by atoms with E-state index in [0.29, 0.717) is 10.2 Å². The Kier molecular flexibility index (Phi) is 3.67. The fourth-order valence-corrected chi connectivity index (χ4v) is 1.96. The van der Waals surface area contributed by atoms with E-state index in [1.54, 1.807) is 0 Å². The van der Waals surface area contributed by atoms with Crippen molar-refractivity contribution < 1.29 is 8.78 Å². The summed E-state index contributed by atoms with van der Waals surface area (Å²) in [6.45, 7) is 0. The van der Waals surface area contributed by atoms with Gasteiger partial charge in [-0.3, -0.25) is 0 Å². The van der Waals surface area contributed by atoms with Crippen LogP contribution in [0.4, 0.5) is 25.8 Å². The number of rotatable bonds is 2. The van der Waals surface area contributed by atoms with Gasteiger partial charge in [0.2, 0.25) is 0 Å². The molecule has 3 nitrogen and oxygen atoms in total. The molecule has 0 spiro atoms. The average molecular weight is 324 g/mol. The van der Waals surface area contributed by atoms with Crippen molar-refractivity contribution in [2.75, 3.05) is 11.1 Å². The molecule has 0 aromatic heterocycles. The smallest absolute Gasteiger partial charge is 0.150 e. The first-order chi connectivity index (χ1) is 9.01. The maximum atomic E-state index is 13.7. The summed E-state index contributed by atoms with van der Waals surface area (Å²) < 4.78 is 27.6. The van der Waals surface area contributed by atoms with Crippen LogP contribution in [0, 0.1) is 23.0 Å². The van der Waals surface area contributed by atoms with Crippen LogP contribution in [0.1, 0.15) is 5.56 Å². The van der Waals surface area contributed by atoms with Crippen LogP contribution < -0.4 is 11.1 Å². The van der Waals surface area contributed by atoms with E-state index in [-0.39, 0.29) is 16.9 Å². The molecule has 2 aromatic rings. The zero-order valence-electron chi connectivity index (χ0n) is 9.55. The van der Waals surface area contributed by atoms with Crippen molar-refractivity contribution in [2.45, 2.75) is 0 Å². The monoisotopic (exact) mass is 323 g/mol. The predicted molar refractivity (Wildman–Crippen MR) is 72.9 cm³/mol. The Morgan fingerprint density at radius 3 is 2.37 bits per heavy atom.